The van der Waals surface area contributed by atoms with Gasteiger partial charge in [-0.05, 0) is 24.3 Å². The zero-order valence-electron chi connectivity index (χ0n) is 15.6. The maximum atomic E-state index is 12.6. The van der Waals surface area contributed by atoms with E-state index < -0.39 is 5.63 Å². The molecule has 2 aromatic carbocycles. The van der Waals surface area contributed by atoms with Gasteiger partial charge in [-0.25, -0.2) is 9.78 Å². The van der Waals surface area contributed by atoms with E-state index in [4.69, 9.17) is 13.9 Å². The first-order valence-corrected chi connectivity index (χ1v) is 9.49. The smallest absolute Gasteiger partial charge is 0.345 e. The van der Waals surface area contributed by atoms with Crippen molar-refractivity contribution in [3.05, 3.63) is 69.9 Å². The van der Waals surface area contributed by atoms with E-state index in [0.29, 0.717) is 39.0 Å². The lowest BCUT2D eigenvalue weighted by Gasteiger charge is -2.09. The number of hydrogen-bond donors (Lipinski definition) is 1. The summed E-state index contributed by atoms with van der Waals surface area (Å²) < 4.78 is 15.8. The Bertz CT molecular complexity index is 1260. The molecular formula is C21H16N2O5S. The Labute approximate surface area is 169 Å². The number of aromatic nitrogens is 1. The topological polar surface area (TPSA) is 90.7 Å². The minimum absolute atomic E-state index is 0.336. The summed E-state index contributed by atoms with van der Waals surface area (Å²) in [6, 6.07) is 13.9. The maximum absolute atomic E-state index is 12.6. The molecule has 7 nitrogen and oxygen atoms in total. The van der Waals surface area contributed by atoms with Gasteiger partial charge in [0.1, 0.15) is 17.1 Å². The molecule has 0 unspecified atom stereocenters. The number of para-hydroxylation sites is 1. The lowest BCUT2D eigenvalue weighted by atomic mass is 10.1. The number of ether oxygens (including phenoxy) is 2. The predicted octanol–water partition coefficient (Wildman–Crippen LogP) is 4.19. The van der Waals surface area contributed by atoms with E-state index in [9.17, 15) is 9.59 Å². The van der Waals surface area contributed by atoms with Crippen molar-refractivity contribution in [1.29, 1.82) is 0 Å². The molecule has 0 saturated carbocycles. The van der Waals surface area contributed by atoms with Gasteiger partial charge in [0.25, 0.3) is 5.91 Å². The molecule has 1 N–H and O–H groups in total. The molecule has 0 aliphatic carbocycles. The predicted molar refractivity (Wildman–Crippen MR) is 111 cm³/mol. The van der Waals surface area contributed by atoms with Crippen LogP contribution in [0.15, 0.2) is 63.1 Å². The van der Waals surface area contributed by atoms with Crippen molar-refractivity contribution in [3.63, 3.8) is 0 Å². The molecule has 4 rings (SSSR count). The summed E-state index contributed by atoms with van der Waals surface area (Å²) in [4.78, 5) is 29.3. The lowest BCUT2D eigenvalue weighted by Crippen LogP contribution is -2.13. The van der Waals surface area contributed by atoms with E-state index in [1.54, 1.807) is 41.8 Å². The second kappa shape index (κ2) is 7.76. The van der Waals surface area contributed by atoms with Crippen LogP contribution in [0.25, 0.3) is 22.2 Å². The lowest BCUT2D eigenvalue weighted by molar-refractivity contribution is 0.102. The largest absolute Gasteiger partial charge is 0.497 e. The summed E-state index contributed by atoms with van der Waals surface area (Å²) in [7, 11) is 3.01. The Hall–Kier alpha value is -3.65. The highest BCUT2D eigenvalue weighted by molar-refractivity contribution is 7.14. The van der Waals surface area contributed by atoms with Gasteiger partial charge in [0.15, 0.2) is 5.13 Å². The van der Waals surface area contributed by atoms with E-state index in [1.807, 2.05) is 12.1 Å². The zero-order valence-corrected chi connectivity index (χ0v) is 16.4. The van der Waals surface area contributed by atoms with E-state index >= 15 is 0 Å². The van der Waals surface area contributed by atoms with Crippen LogP contribution in [0.1, 0.15) is 10.4 Å². The summed E-state index contributed by atoms with van der Waals surface area (Å²) >= 11 is 1.21. The highest BCUT2D eigenvalue weighted by atomic mass is 32.1. The second-order valence-electron chi connectivity index (χ2n) is 6.04. The highest BCUT2D eigenvalue weighted by Gasteiger charge is 2.17. The van der Waals surface area contributed by atoms with Crippen LogP contribution in [0.4, 0.5) is 5.13 Å². The molecule has 29 heavy (non-hydrogen) atoms. The van der Waals surface area contributed by atoms with Crippen LogP contribution < -0.4 is 20.4 Å². The molecule has 0 aliphatic heterocycles. The van der Waals surface area contributed by atoms with Gasteiger partial charge >= 0.3 is 5.63 Å². The van der Waals surface area contributed by atoms with Crippen molar-refractivity contribution < 1.29 is 18.7 Å². The van der Waals surface area contributed by atoms with Crippen LogP contribution in [0.2, 0.25) is 0 Å². The van der Waals surface area contributed by atoms with Crippen molar-refractivity contribution in [2.45, 2.75) is 0 Å². The van der Waals surface area contributed by atoms with E-state index in [1.165, 1.54) is 25.6 Å². The minimum Gasteiger partial charge on any atom is -0.497 e. The van der Waals surface area contributed by atoms with Crippen LogP contribution in [-0.2, 0) is 0 Å². The normalized spacial score (nSPS) is 10.7. The minimum atomic E-state index is -0.483. The standard InChI is InChI=1S/C21H16N2O5S/c1-26-13-7-8-14(18(10-13)27-2)19(24)23-21-22-16(11-29-21)15-9-12-5-3-4-6-17(12)28-20(15)25/h3-11H,1-2H3,(H,22,23,24). The first kappa shape index (κ1) is 18.7. The first-order chi connectivity index (χ1) is 14.1. The maximum Gasteiger partial charge on any atom is 0.345 e. The first-order valence-electron chi connectivity index (χ1n) is 8.61. The number of fused-ring (bicyclic) bond motifs is 1. The second-order valence-corrected chi connectivity index (χ2v) is 6.90. The van der Waals surface area contributed by atoms with Crippen molar-refractivity contribution in [1.82, 2.24) is 4.98 Å². The van der Waals surface area contributed by atoms with Crippen molar-refractivity contribution in [3.8, 4) is 22.8 Å². The molecule has 0 bridgehead atoms. The van der Waals surface area contributed by atoms with Crippen LogP contribution in [0.5, 0.6) is 11.5 Å². The highest BCUT2D eigenvalue weighted by Crippen LogP contribution is 2.28. The van der Waals surface area contributed by atoms with Gasteiger partial charge in [-0.15, -0.1) is 11.3 Å². The summed E-state index contributed by atoms with van der Waals surface area (Å²) in [6.45, 7) is 0. The molecule has 1 amide bonds. The van der Waals surface area contributed by atoms with Gasteiger partial charge in [0, 0.05) is 16.8 Å². The Balaban J connectivity index is 1.61. The molecular weight excluding hydrogens is 392 g/mol. The quantitative estimate of drug-likeness (QED) is 0.498. The average Bonchev–Trinajstić information content (AvgIpc) is 3.20. The fourth-order valence-corrected chi connectivity index (χ4v) is 3.55. The number of amides is 1. The Kier molecular flexibility index (Phi) is 5.01. The summed E-state index contributed by atoms with van der Waals surface area (Å²) in [5.74, 6) is 0.586. The number of nitrogens with one attached hydrogen (secondary N) is 1. The van der Waals surface area contributed by atoms with Gasteiger partial charge in [-0.2, -0.15) is 0 Å². The van der Waals surface area contributed by atoms with Crippen LogP contribution in [0.3, 0.4) is 0 Å². The fourth-order valence-electron chi connectivity index (χ4n) is 2.85. The number of benzene rings is 2. The Morgan fingerprint density at radius 3 is 2.72 bits per heavy atom. The molecule has 0 atom stereocenters. The molecule has 0 saturated heterocycles. The Morgan fingerprint density at radius 2 is 1.93 bits per heavy atom. The third-order valence-electron chi connectivity index (χ3n) is 4.30. The van der Waals surface area contributed by atoms with Crippen molar-refractivity contribution in [2.75, 3.05) is 19.5 Å². The molecule has 146 valence electrons. The Morgan fingerprint density at radius 1 is 1.10 bits per heavy atom. The van der Waals surface area contributed by atoms with E-state index in [2.05, 4.69) is 10.3 Å². The molecule has 0 radical (unpaired) electrons. The third-order valence-corrected chi connectivity index (χ3v) is 5.05. The summed E-state index contributed by atoms with van der Waals surface area (Å²) in [5.41, 5.74) is 1.14. The SMILES string of the molecule is COc1ccc(C(=O)Nc2nc(-c3cc4ccccc4oc3=O)cs2)c(OC)c1. The van der Waals surface area contributed by atoms with Crippen molar-refractivity contribution >= 4 is 33.3 Å². The van der Waals surface area contributed by atoms with Crippen molar-refractivity contribution in [2.24, 2.45) is 0 Å². The van der Waals surface area contributed by atoms with Crippen LogP contribution >= 0.6 is 11.3 Å². The van der Waals surface area contributed by atoms with E-state index in [0.717, 1.165) is 5.39 Å². The van der Waals surface area contributed by atoms with Gasteiger partial charge in [-0.3, -0.25) is 10.1 Å². The zero-order chi connectivity index (χ0) is 20.4. The van der Waals surface area contributed by atoms with Gasteiger partial charge < -0.3 is 13.9 Å². The molecule has 8 heteroatoms. The van der Waals surface area contributed by atoms with Gasteiger partial charge in [-0.1, -0.05) is 18.2 Å². The van der Waals surface area contributed by atoms with Gasteiger partial charge in [0.05, 0.1) is 31.0 Å². The number of thiazole rings is 1. The third kappa shape index (κ3) is 3.70. The number of rotatable bonds is 5. The van der Waals surface area contributed by atoms with Crippen LogP contribution in [0, 0.1) is 0 Å². The summed E-state index contributed by atoms with van der Waals surface area (Å²) in [5, 5.41) is 5.58. The number of nitrogens with zero attached hydrogens (tertiary/aromatic N) is 1. The number of hydrogen-bond acceptors (Lipinski definition) is 7. The number of carbonyl (C=O) groups excluding carboxylic acids is 1. The number of methoxy groups -OCH3 is 2. The van der Waals surface area contributed by atoms with Crippen LogP contribution in [-0.4, -0.2) is 25.1 Å². The monoisotopic (exact) mass is 408 g/mol. The average molecular weight is 408 g/mol. The summed E-state index contributed by atoms with van der Waals surface area (Å²) in [6.07, 6.45) is 0. The molecule has 2 heterocycles. The fraction of sp³-hybridized carbons (Fsp3) is 0.0952. The molecule has 0 fully saturated rings. The van der Waals surface area contributed by atoms with E-state index in [-0.39, 0.29) is 5.91 Å². The molecule has 2 aromatic heterocycles. The molecule has 0 aliphatic rings. The van der Waals surface area contributed by atoms with Gasteiger partial charge in [0.2, 0.25) is 0 Å². The number of anilines is 1. The molecule has 4 aromatic rings. The number of carbonyl (C=O) groups is 1. The molecule has 0 spiro atoms.